The van der Waals surface area contributed by atoms with E-state index in [-0.39, 0.29) is 4.90 Å². The molecule has 0 amide bonds. The quantitative estimate of drug-likeness (QED) is 0.809. The van der Waals surface area contributed by atoms with Crippen LogP contribution in [0.1, 0.15) is 11.1 Å². The van der Waals surface area contributed by atoms with Crippen molar-refractivity contribution < 1.29 is 13.0 Å². The van der Waals surface area contributed by atoms with Gasteiger partial charge in [-0.1, -0.05) is 18.2 Å². The summed E-state index contributed by atoms with van der Waals surface area (Å²) >= 11 is 1.71. The summed E-state index contributed by atoms with van der Waals surface area (Å²) in [6, 6.07) is 8.54. The summed E-state index contributed by atoms with van der Waals surface area (Å²) in [5, 5.41) is 4.08. The number of hydrogen-bond donors (Lipinski definition) is 1. The van der Waals surface area contributed by atoms with E-state index in [4.69, 9.17) is 4.55 Å². The lowest BCUT2D eigenvalue weighted by molar-refractivity contribution is 0.483. The van der Waals surface area contributed by atoms with Crippen LogP contribution in [0.2, 0.25) is 0 Å². The molecule has 1 aromatic carbocycles. The summed E-state index contributed by atoms with van der Waals surface area (Å²) in [7, 11) is -4.04. The topological polar surface area (TPSA) is 54.4 Å². The Kier molecular flexibility index (Phi) is 4.86. The van der Waals surface area contributed by atoms with Gasteiger partial charge in [-0.3, -0.25) is 4.55 Å². The fourth-order valence-electron chi connectivity index (χ4n) is 1.10. The molecule has 2 rings (SSSR count). The highest BCUT2D eigenvalue weighted by molar-refractivity contribution is 7.85. The maximum atomic E-state index is 10.7. The van der Waals surface area contributed by atoms with Crippen LogP contribution in [0, 0.1) is 13.8 Å². The maximum absolute atomic E-state index is 10.7. The molecular weight excluding hydrogens is 256 g/mol. The van der Waals surface area contributed by atoms with Gasteiger partial charge in [0.05, 0.1) is 4.90 Å². The van der Waals surface area contributed by atoms with Crippen LogP contribution < -0.4 is 0 Å². The van der Waals surface area contributed by atoms with Crippen molar-refractivity contribution in [2.24, 2.45) is 0 Å². The van der Waals surface area contributed by atoms with E-state index in [0.717, 1.165) is 11.1 Å². The Labute approximate surface area is 105 Å². The molecule has 0 saturated heterocycles. The fraction of sp³-hybridized carbons (Fsp3) is 0.167. The summed E-state index contributed by atoms with van der Waals surface area (Å²) in [6.45, 7) is 3.67. The minimum atomic E-state index is -4.04. The van der Waals surface area contributed by atoms with Crippen molar-refractivity contribution in [3.8, 4) is 0 Å². The summed E-state index contributed by atoms with van der Waals surface area (Å²) in [5.74, 6) is 0. The van der Waals surface area contributed by atoms with Gasteiger partial charge in [-0.2, -0.15) is 19.8 Å². The molecule has 5 heteroatoms. The normalized spacial score (nSPS) is 10.5. The van der Waals surface area contributed by atoms with Crippen LogP contribution in [0.15, 0.2) is 46.0 Å². The summed E-state index contributed by atoms with van der Waals surface area (Å²) < 4.78 is 30.0. The van der Waals surface area contributed by atoms with Gasteiger partial charge >= 0.3 is 0 Å². The van der Waals surface area contributed by atoms with Gasteiger partial charge in [0.15, 0.2) is 0 Å². The van der Waals surface area contributed by atoms with Crippen LogP contribution in [-0.4, -0.2) is 13.0 Å². The van der Waals surface area contributed by atoms with Gasteiger partial charge in [0.1, 0.15) is 0 Å². The third-order valence-electron chi connectivity index (χ3n) is 2.20. The first-order valence-corrected chi connectivity index (χ1v) is 7.31. The first kappa shape index (κ1) is 13.9. The second kappa shape index (κ2) is 5.95. The Balaban J connectivity index is 0.000000239. The molecule has 17 heavy (non-hydrogen) atoms. The third kappa shape index (κ3) is 4.68. The van der Waals surface area contributed by atoms with Gasteiger partial charge in [-0.25, -0.2) is 0 Å². The van der Waals surface area contributed by atoms with Crippen LogP contribution in [0.5, 0.6) is 0 Å². The molecule has 3 nitrogen and oxygen atoms in total. The SMILES string of the molecule is Cc1ccc(S(=O)(=O)O)cc1C.c1ccsc1. The molecular formula is C12H14O3S2. The number of hydrogen-bond acceptors (Lipinski definition) is 3. The molecule has 1 aromatic heterocycles. The molecule has 0 aliphatic rings. The molecule has 0 fully saturated rings. The third-order valence-corrected chi connectivity index (χ3v) is 3.68. The molecule has 0 spiro atoms. The number of aryl methyl sites for hydroxylation is 2. The van der Waals surface area contributed by atoms with Crippen molar-refractivity contribution in [2.45, 2.75) is 18.7 Å². The molecule has 1 N–H and O–H groups in total. The minimum absolute atomic E-state index is 0.0504. The highest BCUT2D eigenvalue weighted by Crippen LogP contribution is 2.13. The van der Waals surface area contributed by atoms with Gasteiger partial charge in [0.25, 0.3) is 10.1 Å². The van der Waals surface area contributed by atoms with Crippen molar-refractivity contribution in [3.63, 3.8) is 0 Å². The predicted octanol–water partition coefficient (Wildman–Crippen LogP) is 3.30. The van der Waals surface area contributed by atoms with Gasteiger partial charge in [0.2, 0.25) is 0 Å². The van der Waals surface area contributed by atoms with E-state index in [1.807, 2.05) is 29.8 Å². The molecule has 92 valence electrons. The van der Waals surface area contributed by atoms with Crippen LogP contribution in [0.4, 0.5) is 0 Å². The van der Waals surface area contributed by atoms with Crippen LogP contribution in [0.3, 0.4) is 0 Å². The highest BCUT2D eigenvalue weighted by Gasteiger charge is 2.08. The van der Waals surface area contributed by atoms with Gasteiger partial charge < -0.3 is 0 Å². The lowest BCUT2D eigenvalue weighted by Crippen LogP contribution is -1.98. The lowest BCUT2D eigenvalue weighted by atomic mass is 10.1. The van der Waals surface area contributed by atoms with E-state index >= 15 is 0 Å². The Morgan fingerprint density at radius 2 is 1.65 bits per heavy atom. The predicted molar refractivity (Wildman–Crippen MR) is 70.0 cm³/mol. The van der Waals surface area contributed by atoms with Crippen LogP contribution >= 0.6 is 11.3 Å². The molecule has 0 aliphatic carbocycles. The van der Waals surface area contributed by atoms with Crippen molar-refractivity contribution in [1.29, 1.82) is 0 Å². The highest BCUT2D eigenvalue weighted by atomic mass is 32.2. The van der Waals surface area contributed by atoms with Crippen molar-refractivity contribution in [3.05, 3.63) is 52.2 Å². The number of benzene rings is 1. The Morgan fingerprint density at radius 1 is 1.06 bits per heavy atom. The van der Waals surface area contributed by atoms with E-state index in [1.165, 1.54) is 12.1 Å². The summed E-state index contributed by atoms with van der Waals surface area (Å²) in [4.78, 5) is -0.0504. The average Bonchev–Trinajstić information content (AvgIpc) is 2.78. The molecule has 0 aliphatic heterocycles. The molecule has 0 bridgehead atoms. The van der Waals surface area contributed by atoms with Gasteiger partial charge in [-0.15, -0.1) is 0 Å². The zero-order valence-electron chi connectivity index (χ0n) is 9.62. The summed E-state index contributed by atoms with van der Waals surface area (Å²) in [5.41, 5.74) is 1.85. The average molecular weight is 270 g/mol. The molecule has 2 aromatic rings. The van der Waals surface area contributed by atoms with E-state index in [0.29, 0.717) is 0 Å². The smallest absolute Gasteiger partial charge is 0.282 e. The zero-order valence-corrected chi connectivity index (χ0v) is 11.3. The van der Waals surface area contributed by atoms with E-state index in [9.17, 15) is 8.42 Å². The van der Waals surface area contributed by atoms with Crippen molar-refractivity contribution >= 4 is 21.5 Å². The Bertz CT molecular complexity index is 540. The molecule has 0 saturated carbocycles. The van der Waals surface area contributed by atoms with Crippen molar-refractivity contribution in [2.75, 3.05) is 0 Å². The first-order valence-electron chi connectivity index (χ1n) is 4.93. The van der Waals surface area contributed by atoms with E-state index in [1.54, 1.807) is 24.3 Å². The molecule has 0 atom stereocenters. The second-order valence-corrected chi connectivity index (χ2v) is 5.75. The Morgan fingerprint density at radius 3 is 2.00 bits per heavy atom. The molecule has 1 heterocycles. The van der Waals surface area contributed by atoms with Crippen LogP contribution in [-0.2, 0) is 10.1 Å². The minimum Gasteiger partial charge on any atom is -0.282 e. The molecule has 0 unspecified atom stereocenters. The first-order chi connectivity index (χ1) is 7.91. The standard InChI is InChI=1S/C8H10O3S.C4H4S/c1-6-3-4-8(5-7(6)2)12(9,10)11;1-2-4-5-3-1/h3-5H,1-2H3,(H,9,10,11);1-4H. The number of thiophene rings is 1. The largest absolute Gasteiger partial charge is 0.294 e. The maximum Gasteiger partial charge on any atom is 0.294 e. The zero-order chi connectivity index (χ0) is 12.9. The molecule has 0 radical (unpaired) electrons. The van der Waals surface area contributed by atoms with E-state index in [2.05, 4.69) is 0 Å². The number of rotatable bonds is 1. The van der Waals surface area contributed by atoms with Gasteiger partial charge in [-0.05, 0) is 47.9 Å². The van der Waals surface area contributed by atoms with Crippen molar-refractivity contribution in [1.82, 2.24) is 0 Å². The second-order valence-electron chi connectivity index (χ2n) is 3.51. The summed E-state index contributed by atoms with van der Waals surface area (Å²) in [6.07, 6.45) is 0. The Hall–Kier alpha value is -1.17. The van der Waals surface area contributed by atoms with E-state index < -0.39 is 10.1 Å². The fourth-order valence-corrected chi connectivity index (χ4v) is 2.12. The monoisotopic (exact) mass is 270 g/mol. The lowest BCUT2D eigenvalue weighted by Gasteiger charge is -2.01. The van der Waals surface area contributed by atoms with Gasteiger partial charge in [0, 0.05) is 0 Å². The van der Waals surface area contributed by atoms with Crippen LogP contribution in [0.25, 0.3) is 0 Å².